The molecule has 0 saturated heterocycles. The monoisotopic (exact) mass is 283 g/mol. The summed E-state index contributed by atoms with van der Waals surface area (Å²) in [6.07, 6.45) is 8.19. The minimum atomic E-state index is -1.01. The maximum absolute atomic E-state index is 11.0. The number of pyridine rings is 1. The van der Waals surface area contributed by atoms with E-state index in [4.69, 9.17) is 10.8 Å². The lowest BCUT2D eigenvalue weighted by Gasteiger charge is -2.09. The Bertz CT molecular complexity index is 413. The van der Waals surface area contributed by atoms with E-state index in [0.29, 0.717) is 11.5 Å². The average molecular weight is 283 g/mol. The summed E-state index contributed by atoms with van der Waals surface area (Å²) in [4.78, 5) is 15.1. The molecule has 0 radical (unpaired) electrons. The van der Waals surface area contributed by atoms with Crippen molar-refractivity contribution in [1.82, 2.24) is 4.98 Å². The number of anilines is 2. The van der Waals surface area contributed by atoms with Gasteiger partial charge in [0.1, 0.15) is 11.4 Å². The number of thioether (sulfide) groups is 1. The van der Waals surface area contributed by atoms with Crippen molar-refractivity contribution in [3.05, 3.63) is 17.8 Å². The van der Waals surface area contributed by atoms with E-state index >= 15 is 0 Å². The standard InChI is InChI=1S/C13H21N3O2S/c1-19-7-5-3-2-4-6-15-12-11(13(17)18)8-10(14)9-16-12/h8-9H,2-7,14H2,1H3,(H,15,16)(H,17,18). The number of nitrogens with zero attached hydrogens (tertiary/aromatic N) is 1. The van der Waals surface area contributed by atoms with Crippen LogP contribution < -0.4 is 11.1 Å². The molecule has 1 aromatic rings. The zero-order chi connectivity index (χ0) is 14.1. The third-order valence-corrected chi connectivity index (χ3v) is 3.40. The number of nitrogens with one attached hydrogen (secondary N) is 1. The van der Waals surface area contributed by atoms with Gasteiger partial charge in [0.2, 0.25) is 0 Å². The van der Waals surface area contributed by atoms with Gasteiger partial charge in [-0.05, 0) is 30.9 Å². The smallest absolute Gasteiger partial charge is 0.339 e. The minimum absolute atomic E-state index is 0.127. The molecule has 0 aliphatic carbocycles. The molecule has 0 spiro atoms. The predicted octanol–water partition coefficient (Wildman–Crippen LogP) is 2.70. The van der Waals surface area contributed by atoms with Gasteiger partial charge in [-0.15, -0.1) is 0 Å². The van der Waals surface area contributed by atoms with Gasteiger partial charge in [-0.25, -0.2) is 9.78 Å². The molecule has 0 aliphatic heterocycles. The van der Waals surface area contributed by atoms with Crippen LogP contribution in [-0.2, 0) is 0 Å². The molecule has 0 fully saturated rings. The molecule has 0 amide bonds. The van der Waals surface area contributed by atoms with E-state index in [9.17, 15) is 4.79 Å². The maximum Gasteiger partial charge on any atom is 0.339 e. The molecule has 0 aromatic carbocycles. The molecule has 0 saturated carbocycles. The second-order valence-electron chi connectivity index (χ2n) is 4.30. The molecule has 106 valence electrons. The number of carboxylic acid groups (broad SMARTS) is 1. The van der Waals surface area contributed by atoms with Crippen LogP contribution in [0.4, 0.5) is 11.5 Å². The lowest BCUT2D eigenvalue weighted by Crippen LogP contribution is -2.10. The number of hydrogen-bond donors (Lipinski definition) is 3. The first-order chi connectivity index (χ1) is 9.15. The van der Waals surface area contributed by atoms with Gasteiger partial charge in [-0.2, -0.15) is 11.8 Å². The second-order valence-corrected chi connectivity index (χ2v) is 5.29. The van der Waals surface area contributed by atoms with E-state index in [1.54, 1.807) is 0 Å². The quantitative estimate of drug-likeness (QED) is 0.604. The number of rotatable bonds is 9. The van der Waals surface area contributed by atoms with Gasteiger partial charge in [-0.3, -0.25) is 0 Å². The highest BCUT2D eigenvalue weighted by atomic mass is 32.2. The van der Waals surface area contributed by atoms with Crippen LogP contribution in [0.2, 0.25) is 0 Å². The van der Waals surface area contributed by atoms with E-state index in [0.717, 1.165) is 19.4 Å². The van der Waals surface area contributed by atoms with E-state index in [-0.39, 0.29) is 5.56 Å². The molecule has 1 rings (SSSR count). The molecule has 0 unspecified atom stereocenters. The molecular weight excluding hydrogens is 262 g/mol. The Balaban J connectivity index is 2.35. The van der Waals surface area contributed by atoms with Gasteiger partial charge < -0.3 is 16.2 Å². The van der Waals surface area contributed by atoms with E-state index in [1.165, 1.54) is 30.9 Å². The first-order valence-electron chi connectivity index (χ1n) is 6.36. The Morgan fingerprint density at radius 3 is 2.84 bits per heavy atom. The lowest BCUT2D eigenvalue weighted by molar-refractivity contribution is 0.0697. The third-order valence-electron chi connectivity index (χ3n) is 2.71. The Labute approximate surface area is 118 Å². The number of carbonyl (C=O) groups is 1. The summed E-state index contributed by atoms with van der Waals surface area (Å²) in [6, 6.07) is 1.43. The summed E-state index contributed by atoms with van der Waals surface area (Å²) < 4.78 is 0. The highest BCUT2D eigenvalue weighted by molar-refractivity contribution is 7.98. The molecule has 5 nitrogen and oxygen atoms in total. The highest BCUT2D eigenvalue weighted by Gasteiger charge is 2.11. The Morgan fingerprint density at radius 2 is 2.16 bits per heavy atom. The molecule has 1 aromatic heterocycles. The highest BCUT2D eigenvalue weighted by Crippen LogP contribution is 2.15. The molecule has 1 heterocycles. The van der Waals surface area contributed by atoms with Crippen LogP contribution in [0, 0.1) is 0 Å². The van der Waals surface area contributed by atoms with Crippen LogP contribution in [0.5, 0.6) is 0 Å². The Morgan fingerprint density at radius 1 is 1.42 bits per heavy atom. The van der Waals surface area contributed by atoms with Gasteiger partial charge >= 0.3 is 5.97 Å². The Hall–Kier alpha value is -1.43. The largest absolute Gasteiger partial charge is 0.478 e. The van der Waals surface area contributed by atoms with E-state index in [2.05, 4.69) is 16.6 Å². The molecule has 0 aliphatic rings. The SMILES string of the molecule is CSCCCCCCNc1ncc(N)cc1C(=O)O. The van der Waals surface area contributed by atoms with Gasteiger partial charge in [0.25, 0.3) is 0 Å². The number of aromatic nitrogens is 1. The van der Waals surface area contributed by atoms with Crippen molar-refractivity contribution >= 4 is 29.2 Å². The van der Waals surface area contributed by atoms with Gasteiger partial charge in [0, 0.05) is 6.54 Å². The van der Waals surface area contributed by atoms with Gasteiger partial charge in [0.15, 0.2) is 0 Å². The fourth-order valence-corrected chi connectivity index (χ4v) is 2.21. The van der Waals surface area contributed by atoms with Crippen LogP contribution in [0.3, 0.4) is 0 Å². The summed E-state index contributed by atoms with van der Waals surface area (Å²) in [6.45, 7) is 0.733. The number of aromatic carboxylic acids is 1. The van der Waals surface area contributed by atoms with Gasteiger partial charge in [-0.1, -0.05) is 12.8 Å². The minimum Gasteiger partial charge on any atom is -0.478 e. The van der Waals surface area contributed by atoms with Crippen molar-refractivity contribution in [2.45, 2.75) is 25.7 Å². The van der Waals surface area contributed by atoms with Crippen molar-refractivity contribution in [2.75, 3.05) is 29.6 Å². The van der Waals surface area contributed by atoms with Crippen LogP contribution >= 0.6 is 11.8 Å². The normalized spacial score (nSPS) is 10.4. The molecule has 6 heteroatoms. The van der Waals surface area contributed by atoms with Gasteiger partial charge in [0.05, 0.1) is 11.9 Å². The number of carboxylic acids is 1. The molecule has 19 heavy (non-hydrogen) atoms. The first-order valence-corrected chi connectivity index (χ1v) is 7.76. The molecule has 4 N–H and O–H groups in total. The van der Waals surface area contributed by atoms with Crippen LogP contribution in [0.15, 0.2) is 12.3 Å². The van der Waals surface area contributed by atoms with Crippen molar-refractivity contribution < 1.29 is 9.90 Å². The van der Waals surface area contributed by atoms with Crippen molar-refractivity contribution in [2.24, 2.45) is 0 Å². The molecular formula is C13H21N3O2S. The summed E-state index contributed by atoms with van der Waals surface area (Å²) in [5.41, 5.74) is 6.02. The number of hydrogen-bond acceptors (Lipinski definition) is 5. The lowest BCUT2D eigenvalue weighted by atomic mass is 10.2. The van der Waals surface area contributed by atoms with Crippen molar-refractivity contribution in [3.63, 3.8) is 0 Å². The third kappa shape index (κ3) is 5.83. The van der Waals surface area contributed by atoms with Crippen molar-refractivity contribution in [3.8, 4) is 0 Å². The average Bonchev–Trinajstić information content (AvgIpc) is 2.39. The summed E-state index contributed by atoms with van der Waals surface area (Å²) >= 11 is 1.87. The fourth-order valence-electron chi connectivity index (χ4n) is 1.72. The van der Waals surface area contributed by atoms with E-state index < -0.39 is 5.97 Å². The first kappa shape index (κ1) is 15.6. The molecule has 0 bridgehead atoms. The van der Waals surface area contributed by atoms with Crippen molar-refractivity contribution in [1.29, 1.82) is 0 Å². The fraction of sp³-hybridized carbons (Fsp3) is 0.538. The second kappa shape index (κ2) is 8.63. The van der Waals surface area contributed by atoms with E-state index in [1.807, 2.05) is 11.8 Å². The number of nitrogen functional groups attached to an aromatic ring is 1. The Kier molecular flexibility index (Phi) is 7.10. The number of unbranched alkanes of at least 4 members (excludes halogenated alkanes) is 3. The van der Waals surface area contributed by atoms with Crippen LogP contribution in [-0.4, -0.2) is 34.6 Å². The summed E-state index contributed by atoms with van der Waals surface area (Å²) in [7, 11) is 0. The van der Waals surface area contributed by atoms with Crippen LogP contribution in [0.1, 0.15) is 36.0 Å². The zero-order valence-corrected chi connectivity index (χ0v) is 12.0. The predicted molar refractivity (Wildman–Crippen MR) is 80.9 cm³/mol. The summed E-state index contributed by atoms with van der Waals surface area (Å²) in [5.74, 6) is 0.587. The topological polar surface area (TPSA) is 88.2 Å². The molecule has 0 atom stereocenters. The zero-order valence-electron chi connectivity index (χ0n) is 11.2. The number of nitrogens with two attached hydrogens (primary N) is 1. The summed E-state index contributed by atoms with van der Waals surface area (Å²) in [5, 5.41) is 12.1. The maximum atomic E-state index is 11.0. The van der Waals surface area contributed by atoms with Crippen LogP contribution in [0.25, 0.3) is 0 Å².